The van der Waals surface area contributed by atoms with Crippen LogP contribution in [0.15, 0.2) is 11.4 Å². The molecule has 0 spiro atoms. The molecule has 0 fully saturated rings. The van der Waals surface area contributed by atoms with Crippen LogP contribution in [-0.4, -0.2) is 45.4 Å². The summed E-state index contributed by atoms with van der Waals surface area (Å²) in [5.41, 5.74) is 1.04. The average molecular weight is 269 g/mol. The van der Waals surface area contributed by atoms with Crippen LogP contribution in [0.2, 0.25) is 0 Å². The molecule has 0 radical (unpaired) electrons. The molecule has 1 aliphatic rings. The quantitative estimate of drug-likeness (QED) is 0.484. The zero-order valence-corrected chi connectivity index (χ0v) is 10.6. The lowest BCUT2D eigenvalue weighted by Gasteiger charge is -2.18. The molecule has 1 aromatic heterocycles. The summed E-state index contributed by atoms with van der Waals surface area (Å²) in [7, 11) is 1.22. The third-order valence-corrected chi connectivity index (χ3v) is 3.22. The lowest BCUT2D eigenvalue weighted by Crippen LogP contribution is -2.33. The molecule has 2 heterocycles. The average Bonchev–Trinajstić information content (AvgIpc) is 2.76. The van der Waals surface area contributed by atoms with Crippen molar-refractivity contribution in [3.63, 3.8) is 0 Å². The molecule has 0 saturated heterocycles. The SMILES string of the molecule is COC(=O)C1c2cnc(SC)nc2CN1C(=O)O. The van der Waals surface area contributed by atoms with Crippen molar-refractivity contribution in [1.82, 2.24) is 14.9 Å². The molecular weight excluding hydrogens is 258 g/mol. The highest BCUT2D eigenvalue weighted by atomic mass is 32.2. The second kappa shape index (κ2) is 4.81. The summed E-state index contributed by atoms with van der Waals surface area (Å²) in [6.07, 6.45) is 2.12. The Kier molecular flexibility index (Phi) is 3.37. The Morgan fingerprint density at radius 2 is 2.33 bits per heavy atom. The number of methoxy groups -OCH3 is 1. The molecule has 0 saturated carbocycles. The van der Waals surface area contributed by atoms with E-state index in [9.17, 15) is 9.59 Å². The number of carbonyl (C=O) groups excluding carboxylic acids is 1. The van der Waals surface area contributed by atoms with Gasteiger partial charge in [-0.05, 0) is 6.26 Å². The Balaban J connectivity index is 2.44. The van der Waals surface area contributed by atoms with Crippen LogP contribution >= 0.6 is 11.8 Å². The van der Waals surface area contributed by atoms with Gasteiger partial charge in [0.25, 0.3) is 0 Å². The van der Waals surface area contributed by atoms with E-state index in [4.69, 9.17) is 5.11 Å². The highest BCUT2D eigenvalue weighted by Gasteiger charge is 2.40. The zero-order chi connectivity index (χ0) is 13.3. The molecule has 2 rings (SSSR count). The van der Waals surface area contributed by atoms with E-state index in [0.717, 1.165) is 4.90 Å². The molecule has 1 amide bonds. The van der Waals surface area contributed by atoms with Gasteiger partial charge in [-0.2, -0.15) is 0 Å². The molecule has 18 heavy (non-hydrogen) atoms. The van der Waals surface area contributed by atoms with Gasteiger partial charge in [-0.3, -0.25) is 4.90 Å². The summed E-state index contributed by atoms with van der Waals surface area (Å²) in [6, 6.07) is -0.974. The van der Waals surface area contributed by atoms with Crippen molar-refractivity contribution in [2.75, 3.05) is 13.4 Å². The number of rotatable bonds is 2. The number of ether oxygens (including phenoxy) is 1. The van der Waals surface area contributed by atoms with Crippen LogP contribution in [-0.2, 0) is 16.1 Å². The third-order valence-electron chi connectivity index (χ3n) is 2.66. The number of amides is 1. The van der Waals surface area contributed by atoms with Gasteiger partial charge in [0.05, 0.1) is 19.3 Å². The molecule has 1 N–H and O–H groups in total. The van der Waals surface area contributed by atoms with Crippen LogP contribution in [0.1, 0.15) is 17.3 Å². The number of hydrogen-bond acceptors (Lipinski definition) is 6. The smallest absolute Gasteiger partial charge is 0.408 e. The predicted molar refractivity (Wildman–Crippen MR) is 62.1 cm³/mol. The number of carbonyl (C=O) groups is 2. The van der Waals surface area contributed by atoms with Crippen LogP contribution < -0.4 is 0 Å². The largest absolute Gasteiger partial charge is 0.467 e. The lowest BCUT2D eigenvalue weighted by atomic mass is 10.1. The molecule has 1 aromatic rings. The molecule has 1 unspecified atom stereocenters. The van der Waals surface area contributed by atoms with Gasteiger partial charge in [0, 0.05) is 11.8 Å². The first kappa shape index (κ1) is 12.6. The minimum absolute atomic E-state index is 0.0700. The summed E-state index contributed by atoms with van der Waals surface area (Å²) in [6.45, 7) is 0.0700. The van der Waals surface area contributed by atoms with Gasteiger partial charge in [0.1, 0.15) is 0 Å². The molecule has 8 heteroatoms. The molecule has 0 bridgehead atoms. The number of esters is 1. The van der Waals surface area contributed by atoms with Crippen molar-refractivity contribution in [2.24, 2.45) is 0 Å². The van der Waals surface area contributed by atoms with Gasteiger partial charge < -0.3 is 9.84 Å². The fourth-order valence-corrected chi connectivity index (χ4v) is 2.19. The summed E-state index contributed by atoms with van der Waals surface area (Å²) in [5.74, 6) is -0.628. The second-order valence-electron chi connectivity index (χ2n) is 3.59. The first-order chi connectivity index (χ1) is 8.58. The maximum Gasteiger partial charge on any atom is 0.408 e. The normalized spacial score (nSPS) is 17.4. The Bertz CT molecular complexity index is 508. The highest BCUT2D eigenvalue weighted by Crippen LogP contribution is 2.33. The summed E-state index contributed by atoms with van der Waals surface area (Å²) < 4.78 is 4.62. The van der Waals surface area contributed by atoms with Crippen LogP contribution in [0, 0.1) is 0 Å². The first-order valence-corrected chi connectivity index (χ1v) is 6.28. The Hall–Kier alpha value is -1.83. The number of hydrogen-bond donors (Lipinski definition) is 1. The molecule has 7 nitrogen and oxygen atoms in total. The van der Waals surface area contributed by atoms with Crippen LogP contribution in [0.3, 0.4) is 0 Å². The fraction of sp³-hybridized carbons (Fsp3) is 0.400. The monoisotopic (exact) mass is 269 g/mol. The minimum Gasteiger partial charge on any atom is -0.467 e. The van der Waals surface area contributed by atoms with E-state index in [2.05, 4.69) is 14.7 Å². The van der Waals surface area contributed by atoms with E-state index < -0.39 is 18.1 Å². The predicted octanol–water partition coefficient (Wildman–Crippen LogP) is 0.906. The molecule has 0 aliphatic carbocycles. The lowest BCUT2D eigenvalue weighted by molar-refractivity contribution is -0.146. The van der Waals surface area contributed by atoms with E-state index in [-0.39, 0.29) is 6.54 Å². The maximum atomic E-state index is 11.7. The number of carboxylic acid groups (broad SMARTS) is 1. The molecule has 1 aliphatic heterocycles. The van der Waals surface area contributed by atoms with Gasteiger partial charge in [-0.1, -0.05) is 11.8 Å². The number of nitrogens with zero attached hydrogens (tertiary/aromatic N) is 3. The molecule has 0 aromatic carbocycles. The van der Waals surface area contributed by atoms with Crippen molar-refractivity contribution in [2.45, 2.75) is 17.7 Å². The molecular formula is C10H11N3O4S. The topological polar surface area (TPSA) is 92.6 Å². The molecule has 1 atom stereocenters. The minimum atomic E-state index is -1.19. The number of aromatic nitrogens is 2. The zero-order valence-electron chi connectivity index (χ0n) is 9.78. The van der Waals surface area contributed by atoms with Crippen molar-refractivity contribution in [3.8, 4) is 0 Å². The van der Waals surface area contributed by atoms with Crippen LogP contribution in [0.25, 0.3) is 0 Å². The summed E-state index contributed by atoms with van der Waals surface area (Å²) in [5, 5.41) is 9.64. The van der Waals surface area contributed by atoms with Gasteiger partial charge >= 0.3 is 12.1 Å². The van der Waals surface area contributed by atoms with E-state index in [1.54, 1.807) is 0 Å². The number of fused-ring (bicyclic) bond motifs is 1. The maximum absolute atomic E-state index is 11.7. The van der Waals surface area contributed by atoms with Gasteiger partial charge in [-0.25, -0.2) is 19.6 Å². The standard InChI is InChI=1S/C10H11N3O4S/c1-17-8(14)7-5-3-11-9(18-2)12-6(5)4-13(7)10(15)16/h3,7H,4H2,1-2H3,(H,15,16). The number of thioether (sulfide) groups is 1. The van der Waals surface area contributed by atoms with Crippen molar-refractivity contribution >= 4 is 23.8 Å². The van der Waals surface area contributed by atoms with Gasteiger partial charge in [0.15, 0.2) is 11.2 Å². The summed E-state index contributed by atoms with van der Waals surface area (Å²) >= 11 is 1.36. The second-order valence-corrected chi connectivity index (χ2v) is 4.37. The van der Waals surface area contributed by atoms with Crippen molar-refractivity contribution < 1.29 is 19.4 Å². The van der Waals surface area contributed by atoms with Gasteiger partial charge in [-0.15, -0.1) is 0 Å². The Morgan fingerprint density at radius 3 is 2.89 bits per heavy atom. The van der Waals surface area contributed by atoms with E-state index in [0.29, 0.717) is 16.4 Å². The van der Waals surface area contributed by atoms with Crippen LogP contribution in [0.5, 0.6) is 0 Å². The molecule has 96 valence electrons. The van der Waals surface area contributed by atoms with E-state index >= 15 is 0 Å². The Labute approximate surface area is 107 Å². The highest BCUT2D eigenvalue weighted by molar-refractivity contribution is 7.98. The van der Waals surface area contributed by atoms with Gasteiger partial charge in [0.2, 0.25) is 0 Å². The van der Waals surface area contributed by atoms with Crippen LogP contribution in [0.4, 0.5) is 4.79 Å². The fourth-order valence-electron chi connectivity index (χ4n) is 1.83. The first-order valence-electron chi connectivity index (χ1n) is 5.05. The van der Waals surface area contributed by atoms with Crippen molar-refractivity contribution in [1.29, 1.82) is 0 Å². The van der Waals surface area contributed by atoms with Crippen molar-refractivity contribution in [3.05, 3.63) is 17.5 Å². The Morgan fingerprint density at radius 1 is 1.61 bits per heavy atom. The summed E-state index contributed by atoms with van der Waals surface area (Å²) in [4.78, 5) is 32.0. The third kappa shape index (κ3) is 1.99. The van der Waals surface area contributed by atoms with E-state index in [1.165, 1.54) is 25.1 Å². The van der Waals surface area contributed by atoms with E-state index in [1.807, 2.05) is 6.26 Å².